The first-order valence-electron chi connectivity index (χ1n) is 4.53. The van der Waals surface area contributed by atoms with Crippen molar-refractivity contribution in [1.82, 2.24) is 0 Å². The van der Waals surface area contributed by atoms with Gasteiger partial charge in [0.25, 0.3) is 0 Å². The molecule has 1 aliphatic carbocycles. The minimum absolute atomic E-state index is 0.769. The van der Waals surface area contributed by atoms with Gasteiger partial charge in [-0.1, -0.05) is 18.2 Å². The summed E-state index contributed by atoms with van der Waals surface area (Å²) in [4.78, 5) is 21.7. The van der Waals surface area contributed by atoms with Crippen molar-refractivity contribution in [2.45, 2.75) is 13.1 Å². The number of halogens is 3. The summed E-state index contributed by atoms with van der Waals surface area (Å²) in [6.45, 7) is 0.847. The maximum absolute atomic E-state index is 12.8. The van der Waals surface area contributed by atoms with Crippen LogP contribution in [0.2, 0.25) is 0 Å². The molecule has 7 heteroatoms. The van der Waals surface area contributed by atoms with Gasteiger partial charge < -0.3 is 10.2 Å². The highest BCUT2D eigenvalue weighted by Crippen LogP contribution is 2.47. The van der Waals surface area contributed by atoms with Gasteiger partial charge in [0.05, 0.1) is 11.0 Å². The number of carboxylic acids is 2. The third-order valence-electron chi connectivity index (χ3n) is 2.66. The lowest BCUT2D eigenvalue weighted by Crippen LogP contribution is -2.46. The highest BCUT2D eigenvalue weighted by Gasteiger charge is 2.58. The molecule has 2 atom stereocenters. The third-order valence-corrected chi connectivity index (χ3v) is 2.66. The number of aliphatic carboxylic acids is 2. The first-order valence-corrected chi connectivity index (χ1v) is 4.53. The Morgan fingerprint density at radius 2 is 1.88 bits per heavy atom. The van der Waals surface area contributed by atoms with E-state index in [1.54, 1.807) is 0 Å². The molecule has 0 saturated heterocycles. The lowest BCUT2D eigenvalue weighted by molar-refractivity contribution is -0.198. The summed E-state index contributed by atoms with van der Waals surface area (Å²) < 4.78 is 38.4. The summed E-state index contributed by atoms with van der Waals surface area (Å²) >= 11 is 0. The molecule has 0 aromatic rings. The zero-order valence-corrected chi connectivity index (χ0v) is 8.65. The number of carboxylic acid groups (broad SMARTS) is 2. The number of hydrogen-bond acceptors (Lipinski definition) is 2. The fourth-order valence-corrected chi connectivity index (χ4v) is 1.77. The van der Waals surface area contributed by atoms with Gasteiger partial charge in [-0.05, 0) is 6.92 Å². The molecule has 0 bridgehead atoms. The van der Waals surface area contributed by atoms with Crippen LogP contribution in [-0.4, -0.2) is 28.3 Å². The Morgan fingerprint density at radius 1 is 1.35 bits per heavy atom. The lowest BCUT2D eigenvalue weighted by atomic mass is 9.70. The molecule has 2 unspecified atom stereocenters. The zero-order valence-electron chi connectivity index (χ0n) is 8.65. The van der Waals surface area contributed by atoms with Gasteiger partial charge in [-0.25, -0.2) is 4.79 Å². The van der Waals surface area contributed by atoms with Crippen molar-refractivity contribution < 1.29 is 33.0 Å². The molecular weight excluding hydrogens is 241 g/mol. The first kappa shape index (κ1) is 13.3. The topological polar surface area (TPSA) is 74.6 Å². The maximum atomic E-state index is 12.8. The molecule has 17 heavy (non-hydrogen) atoms. The van der Waals surface area contributed by atoms with Gasteiger partial charge in [0.1, 0.15) is 5.92 Å². The van der Waals surface area contributed by atoms with Crippen LogP contribution in [0.3, 0.4) is 0 Å². The monoisotopic (exact) mass is 250 g/mol. The van der Waals surface area contributed by atoms with Gasteiger partial charge in [0.15, 0.2) is 0 Å². The second-order valence-electron chi connectivity index (χ2n) is 3.85. The molecule has 1 aliphatic rings. The van der Waals surface area contributed by atoms with Gasteiger partial charge in [0, 0.05) is 0 Å². The van der Waals surface area contributed by atoms with Crippen LogP contribution in [0.15, 0.2) is 23.8 Å². The second-order valence-corrected chi connectivity index (χ2v) is 3.85. The van der Waals surface area contributed by atoms with E-state index in [4.69, 9.17) is 10.2 Å². The molecule has 0 radical (unpaired) electrons. The van der Waals surface area contributed by atoms with E-state index >= 15 is 0 Å². The number of allylic oxidation sites excluding steroid dienone is 2. The van der Waals surface area contributed by atoms with Crippen LogP contribution in [0.25, 0.3) is 0 Å². The number of alkyl halides is 3. The summed E-state index contributed by atoms with van der Waals surface area (Å²) in [5, 5.41) is 17.6. The van der Waals surface area contributed by atoms with Crippen LogP contribution in [-0.2, 0) is 9.59 Å². The molecule has 0 aliphatic heterocycles. The van der Waals surface area contributed by atoms with Crippen LogP contribution in [0.5, 0.6) is 0 Å². The molecule has 4 nitrogen and oxygen atoms in total. The van der Waals surface area contributed by atoms with Gasteiger partial charge in [-0.15, -0.1) is 0 Å². The Balaban J connectivity index is 3.39. The molecular formula is C10H9F3O4. The van der Waals surface area contributed by atoms with E-state index in [9.17, 15) is 22.8 Å². The minimum atomic E-state index is -4.94. The van der Waals surface area contributed by atoms with E-state index in [2.05, 4.69) is 0 Å². The highest BCUT2D eigenvalue weighted by molar-refractivity contribution is 5.91. The zero-order chi connectivity index (χ0) is 13.4. The number of rotatable bonds is 2. The molecule has 0 heterocycles. The molecule has 0 saturated carbocycles. The predicted molar refractivity (Wildman–Crippen MR) is 50.1 cm³/mol. The largest absolute Gasteiger partial charge is 0.481 e. The van der Waals surface area contributed by atoms with Crippen LogP contribution in [0.1, 0.15) is 6.92 Å². The van der Waals surface area contributed by atoms with Gasteiger partial charge >= 0.3 is 18.1 Å². The van der Waals surface area contributed by atoms with Gasteiger partial charge in [0.2, 0.25) is 0 Å². The molecule has 94 valence electrons. The SMILES string of the molecule is CC1(C(=O)O)C=CC=C(C(=O)O)C1C(F)(F)F. The third kappa shape index (κ3) is 2.17. The van der Waals surface area contributed by atoms with Crippen molar-refractivity contribution >= 4 is 11.9 Å². The van der Waals surface area contributed by atoms with E-state index < -0.39 is 35.0 Å². The standard InChI is InChI=1S/C10H9F3O4/c1-9(8(16)17)4-2-3-5(7(14)15)6(9)10(11,12)13/h2-4,6H,1H3,(H,14,15)(H,16,17). The van der Waals surface area contributed by atoms with E-state index in [0.717, 1.165) is 25.2 Å². The first-order chi connectivity index (χ1) is 7.60. The van der Waals surface area contributed by atoms with E-state index in [0.29, 0.717) is 0 Å². The van der Waals surface area contributed by atoms with Crippen molar-refractivity contribution in [3.63, 3.8) is 0 Å². The minimum Gasteiger partial charge on any atom is -0.481 e. The van der Waals surface area contributed by atoms with Crippen LogP contribution in [0.4, 0.5) is 13.2 Å². The van der Waals surface area contributed by atoms with E-state index in [1.165, 1.54) is 0 Å². The van der Waals surface area contributed by atoms with Crippen LogP contribution < -0.4 is 0 Å². The fraction of sp³-hybridized carbons (Fsp3) is 0.400. The molecule has 0 spiro atoms. The van der Waals surface area contributed by atoms with Crippen molar-refractivity contribution in [2.75, 3.05) is 0 Å². The summed E-state index contributed by atoms with van der Waals surface area (Å²) in [5.74, 6) is -6.05. The van der Waals surface area contributed by atoms with Crippen molar-refractivity contribution in [3.05, 3.63) is 23.8 Å². The highest BCUT2D eigenvalue weighted by atomic mass is 19.4. The summed E-state index contributed by atoms with van der Waals surface area (Å²) in [6.07, 6.45) is -2.31. The fourth-order valence-electron chi connectivity index (χ4n) is 1.77. The molecule has 0 aromatic carbocycles. The van der Waals surface area contributed by atoms with Gasteiger partial charge in [-0.3, -0.25) is 4.79 Å². The average Bonchev–Trinajstić information content (AvgIpc) is 2.14. The van der Waals surface area contributed by atoms with Crippen molar-refractivity contribution in [2.24, 2.45) is 11.3 Å². The van der Waals surface area contributed by atoms with Crippen LogP contribution >= 0.6 is 0 Å². The Bertz CT molecular complexity index is 422. The normalized spacial score (nSPS) is 28.7. The summed E-state index contributed by atoms with van der Waals surface area (Å²) in [5.41, 5.74) is -3.27. The predicted octanol–water partition coefficient (Wildman–Crippen LogP) is 1.84. The maximum Gasteiger partial charge on any atom is 0.397 e. The quantitative estimate of drug-likeness (QED) is 0.784. The van der Waals surface area contributed by atoms with Gasteiger partial charge in [-0.2, -0.15) is 13.2 Å². The number of carbonyl (C=O) groups is 2. The molecule has 0 amide bonds. The van der Waals surface area contributed by atoms with Crippen molar-refractivity contribution in [3.8, 4) is 0 Å². The lowest BCUT2D eigenvalue weighted by Gasteiger charge is -2.35. The smallest absolute Gasteiger partial charge is 0.397 e. The molecule has 0 aromatic heterocycles. The molecule has 1 rings (SSSR count). The Hall–Kier alpha value is -1.79. The second kappa shape index (κ2) is 3.90. The summed E-state index contributed by atoms with van der Waals surface area (Å²) in [6, 6.07) is 0. The van der Waals surface area contributed by atoms with Crippen LogP contribution in [0, 0.1) is 11.3 Å². The van der Waals surface area contributed by atoms with Crippen molar-refractivity contribution in [1.29, 1.82) is 0 Å². The Morgan fingerprint density at radius 3 is 2.24 bits per heavy atom. The summed E-state index contributed by atoms with van der Waals surface area (Å²) in [7, 11) is 0. The average molecular weight is 250 g/mol. The Labute approximate surface area is 94.0 Å². The molecule has 0 fully saturated rings. The number of hydrogen-bond donors (Lipinski definition) is 2. The van der Waals surface area contributed by atoms with E-state index in [-0.39, 0.29) is 0 Å². The Kier molecular flexibility index (Phi) is 3.05. The van der Waals surface area contributed by atoms with E-state index in [1.807, 2.05) is 0 Å². The molecule has 2 N–H and O–H groups in total.